The van der Waals surface area contributed by atoms with Crippen LogP contribution < -0.4 is 26.9 Å². The van der Waals surface area contributed by atoms with E-state index < -0.39 is 5.91 Å². The van der Waals surface area contributed by atoms with Crippen molar-refractivity contribution in [2.75, 3.05) is 7.11 Å². The molecule has 1 atom stereocenters. The van der Waals surface area contributed by atoms with Crippen LogP contribution in [0, 0.1) is 0 Å². The number of amides is 2. The smallest absolute Gasteiger partial charge is 0.255 e. The Labute approximate surface area is 174 Å². The number of benzene rings is 2. The predicted molar refractivity (Wildman–Crippen MR) is 112 cm³/mol. The number of hydrogen-bond donors (Lipinski definition) is 4. The molecule has 2 aromatic carbocycles. The highest BCUT2D eigenvalue weighted by Gasteiger charge is 2.40. The Kier molecular flexibility index (Phi) is 5.33. The highest BCUT2D eigenvalue weighted by Crippen LogP contribution is 2.37. The SMILES string of the molecule is COc1ccccc1C(=O)NCc1ccc(C2NN(C3CC3)C(N)=C2C(N)=O)cc1. The summed E-state index contributed by atoms with van der Waals surface area (Å²) in [6.07, 6.45) is 2.08. The Morgan fingerprint density at radius 2 is 1.87 bits per heavy atom. The maximum Gasteiger partial charge on any atom is 0.255 e. The first kappa shape index (κ1) is 19.8. The van der Waals surface area contributed by atoms with Gasteiger partial charge in [-0.1, -0.05) is 36.4 Å². The van der Waals surface area contributed by atoms with Gasteiger partial charge in [-0.2, -0.15) is 0 Å². The molecule has 0 bridgehead atoms. The molecule has 30 heavy (non-hydrogen) atoms. The first-order valence-electron chi connectivity index (χ1n) is 9.84. The number of nitrogens with zero attached hydrogens (tertiary/aromatic N) is 1. The minimum Gasteiger partial charge on any atom is -0.496 e. The van der Waals surface area contributed by atoms with Gasteiger partial charge in [0.1, 0.15) is 11.6 Å². The largest absolute Gasteiger partial charge is 0.496 e. The van der Waals surface area contributed by atoms with Crippen LogP contribution in [0.1, 0.15) is 40.4 Å². The fourth-order valence-electron chi connectivity index (χ4n) is 3.63. The van der Waals surface area contributed by atoms with Crippen LogP contribution in [0.25, 0.3) is 0 Å². The number of hydrogen-bond acceptors (Lipinski definition) is 6. The lowest BCUT2D eigenvalue weighted by Crippen LogP contribution is -2.37. The van der Waals surface area contributed by atoms with Gasteiger partial charge in [0.2, 0.25) is 5.91 Å². The van der Waals surface area contributed by atoms with Crippen LogP contribution in [0.5, 0.6) is 5.75 Å². The summed E-state index contributed by atoms with van der Waals surface area (Å²) in [5.74, 6) is 0.200. The zero-order valence-electron chi connectivity index (χ0n) is 16.7. The quantitative estimate of drug-likeness (QED) is 0.549. The molecule has 0 aromatic heterocycles. The van der Waals surface area contributed by atoms with E-state index in [-0.39, 0.29) is 11.9 Å². The molecule has 8 nitrogen and oxygen atoms in total. The first-order chi connectivity index (χ1) is 14.5. The summed E-state index contributed by atoms with van der Waals surface area (Å²) in [6.45, 7) is 0.365. The van der Waals surface area contributed by atoms with Crippen LogP contribution >= 0.6 is 0 Å². The molecule has 0 spiro atoms. The van der Waals surface area contributed by atoms with E-state index in [1.807, 2.05) is 35.3 Å². The number of rotatable bonds is 7. The Bertz CT molecular complexity index is 998. The highest BCUT2D eigenvalue weighted by molar-refractivity contribution is 5.97. The molecule has 1 saturated carbocycles. The lowest BCUT2D eigenvalue weighted by Gasteiger charge is -2.21. The van der Waals surface area contributed by atoms with Crippen molar-refractivity contribution in [3.63, 3.8) is 0 Å². The van der Waals surface area contributed by atoms with Gasteiger partial charge in [-0.25, -0.2) is 5.43 Å². The molecule has 1 aliphatic heterocycles. The normalized spacial score (nSPS) is 18.4. The third kappa shape index (κ3) is 3.81. The molecular formula is C22H25N5O3. The summed E-state index contributed by atoms with van der Waals surface area (Å²) in [5.41, 5.74) is 17.7. The minimum atomic E-state index is -0.527. The minimum absolute atomic E-state index is 0.208. The summed E-state index contributed by atoms with van der Waals surface area (Å²) < 4.78 is 5.24. The summed E-state index contributed by atoms with van der Waals surface area (Å²) >= 11 is 0. The Morgan fingerprint density at radius 1 is 1.17 bits per heavy atom. The number of nitrogens with one attached hydrogen (secondary N) is 2. The predicted octanol–water partition coefficient (Wildman–Crippen LogP) is 1.30. The second kappa shape index (κ2) is 8.08. The number of para-hydroxylation sites is 1. The molecule has 8 heteroatoms. The molecule has 2 amide bonds. The molecular weight excluding hydrogens is 382 g/mol. The zero-order valence-corrected chi connectivity index (χ0v) is 16.7. The number of carbonyl (C=O) groups is 2. The molecule has 156 valence electrons. The van der Waals surface area contributed by atoms with Crippen molar-refractivity contribution in [1.82, 2.24) is 15.8 Å². The number of ether oxygens (including phenoxy) is 1. The molecule has 1 aliphatic carbocycles. The van der Waals surface area contributed by atoms with E-state index in [9.17, 15) is 9.59 Å². The zero-order chi connectivity index (χ0) is 21.3. The van der Waals surface area contributed by atoms with Gasteiger partial charge < -0.3 is 21.5 Å². The van der Waals surface area contributed by atoms with Crippen LogP contribution in [-0.2, 0) is 11.3 Å². The van der Waals surface area contributed by atoms with E-state index in [0.717, 1.165) is 24.0 Å². The molecule has 0 radical (unpaired) electrons. The van der Waals surface area contributed by atoms with Crippen molar-refractivity contribution in [3.05, 3.63) is 76.6 Å². The lowest BCUT2D eigenvalue weighted by molar-refractivity contribution is -0.114. The van der Waals surface area contributed by atoms with Crippen LogP contribution in [0.4, 0.5) is 0 Å². The standard InChI is InChI=1S/C22H25N5O3/c1-30-17-5-3-2-4-16(17)22(29)25-12-13-6-8-14(9-7-13)19-18(21(24)28)20(23)27(26-19)15-10-11-15/h2-9,15,19,26H,10-12,23H2,1H3,(H2,24,28)(H,25,29). The van der Waals surface area contributed by atoms with E-state index >= 15 is 0 Å². The third-order valence-corrected chi connectivity index (χ3v) is 5.39. The van der Waals surface area contributed by atoms with E-state index in [2.05, 4.69) is 10.7 Å². The van der Waals surface area contributed by atoms with Crippen LogP contribution in [0.15, 0.2) is 59.9 Å². The van der Waals surface area contributed by atoms with Crippen LogP contribution in [-0.4, -0.2) is 30.0 Å². The van der Waals surface area contributed by atoms with E-state index in [1.54, 1.807) is 18.2 Å². The molecule has 1 fully saturated rings. The number of methoxy groups -OCH3 is 1. The number of carbonyl (C=O) groups excluding carboxylic acids is 2. The van der Waals surface area contributed by atoms with Crippen molar-refractivity contribution in [2.24, 2.45) is 11.5 Å². The van der Waals surface area contributed by atoms with Gasteiger partial charge in [0.05, 0.1) is 24.3 Å². The average molecular weight is 407 g/mol. The molecule has 2 aromatic rings. The fraction of sp³-hybridized carbons (Fsp3) is 0.273. The highest BCUT2D eigenvalue weighted by atomic mass is 16.5. The second-order valence-corrected chi connectivity index (χ2v) is 7.45. The Morgan fingerprint density at radius 3 is 2.50 bits per heavy atom. The van der Waals surface area contributed by atoms with Crippen LogP contribution in [0.2, 0.25) is 0 Å². The number of hydrazine groups is 1. The van der Waals surface area contributed by atoms with Crippen molar-refractivity contribution >= 4 is 11.8 Å². The molecule has 4 rings (SSSR count). The second-order valence-electron chi connectivity index (χ2n) is 7.45. The van der Waals surface area contributed by atoms with Crippen LogP contribution in [0.3, 0.4) is 0 Å². The monoisotopic (exact) mass is 407 g/mol. The fourth-order valence-corrected chi connectivity index (χ4v) is 3.63. The van der Waals surface area contributed by atoms with Gasteiger partial charge in [-0.3, -0.25) is 14.6 Å². The van der Waals surface area contributed by atoms with Gasteiger partial charge in [-0.15, -0.1) is 0 Å². The topological polar surface area (TPSA) is 123 Å². The van der Waals surface area contributed by atoms with Gasteiger partial charge in [0.15, 0.2) is 0 Å². The molecule has 2 aliphatic rings. The molecule has 0 saturated heterocycles. The maximum atomic E-state index is 12.5. The number of nitrogens with two attached hydrogens (primary N) is 2. The summed E-state index contributed by atoms with van der Waals surface area (Å²) in [5, 5.41) is 4.75. The average Bonchev–Trinajstić information content (AvgIpc) is 3.54. The van der Waals surface area contributed by atoms with Gasteiger partial charge in [0, 0.05) is 12.6 Å². The Balaban J connectivity index is 1.44. The summed E-state index contributed by atoms with van der Waals surface area (Å²) in [4.78, 5) is 24.4. The number of primary amides is 1. The first-order valence-corrected chi connectivity index (χ1v) is 9.84. The van der Waals surface area contributed by atoms with E-state index in [0.29, 0.717) is 35.3 Å². The van der Waals surface area contributed by atoms with E-state index in [1.165, 1.54) is 7.11 Å². The van der Waals surface area contributed by atoms with Crippen molar-refractivity contribution in [1.29, 1.82) is 0 Å². The van der Waals surface area contributed by atoms with Crippen molar-refractivity contribution in [2.45, 2.75) is 31.5 Å². The van der Waals surface area contributed by atoms with Crippen molar-refractivity contribution in [3.8, 4) is 5.75 Å². The summed E-state index contributed by atoms with van der Waals surface area (Å²) in [7, 11) is 1.54. The van der Waals surface area contributed by atoms with Gasteiger partial charge >= 0.3 is 0 Å². The molecule has 1 heterocycles. The lowest BCUT2D eigenvalue weighted by atomic mass is 9.98. The molecule has 1 unspecified atom stereocenters. The molecule has 6 N–H and O–H groups in total. The summed E-state index contributed by atoms with van der Waals surface area (Å²) in [6, 6.07) is 14.7. The Hall–Kier alpha value is -3.52. The van der Waals surface area contributed by atoms with E-state index in [4.69, 9.17) is 16.2 Å². The van der Waals surface area contributed by atoms with Crippen molar-refractivity contribution < 1.29 is 14.3 Å². The maximum absolute atomic E-state index is 12.5. The van der Waals surface area contributed by atoms with Gasteiger partial charge in [0.25, 0.3) is 5.91 Å². The van der Waals surface area contributed by atoms with Gasteiger partial charge in [-0.05, 0) is 36.1 Å². The third-order valence-electron chi connectivity index (χ3n) is 5.39.